The summed E-state index contributed by atoms with van der Waals surface area (Å²) >= 11 is 6.01. The number of nitrogens with zero attached hydrogens (tertiary/aromatic N) is 4. The van der Waals surface area contributed by atoms with Gasteiger partial charge in [-0.3, -0.25) is 5.10 Å². The predicted octanol–water partition coefficient (Wildman–Crippen LogP) is 3.84. The number of halogens is 1. The number of imidazole rings is 1. The summed E-state index contributed by atoms with van der Waals surface area (Å²) in [5, 5.41) is 16.5. The van der Waals surface area contributed by atoms with Gasteiger partial charge in [-0.15, -0.1) is 0 Å². The molecule has 0 aliphatic heterocycles. The van der Waals surface area contributed by atoms with Crippen LogP contribution in [-0.4, -0.2) is 19.7 Å². The molecule has 2 heterocycles. The highest BCUT2D eigenvalue weighted by Crippen LogP contribution is 2.31. The van der Waals surface area contributed by atoms with Crippen LogP contribution >= 0.6 is 11.6 Å². The maximum absolute atomic E-state index is 9.02. The second-order valence-electron chi connectivity index (χ2n) is 5.10. The van der Waals surface area contributed by atoms with Crippen molar-refractivity contribution in [2.24, 2.45) is 0 Å². The van der Waals surface area contributed by atoms with E-state index in [2.05, 4.69) is 21.3 Å². The molecule has 3 aromatic rings. The largest absolute Gasteiger partial charge is 0.454 e. The average molecular weight is 328 g/mol. The van der Waals surface area contributed by atoms with Gasteiger partial charge in [0.2, 0.25) is 0 Å². The summed E-state index contributed by atoms with van der Waals surface area (Å²) in [4.78, 5) is 4.23. The zero-order valence-electron chi connectivity index (χ0n) is 12.6. The summed E-state index contributed by atoms with van der Waals surface area (Å²) in [6.07, 6.45) is 5.25. The fraction of sp³-hybridized carbons (Fsp3) is 0.188. The Morgan fingerprint density at radius 3 is 2.91 bits per heavy atom. The third-order valence-electron chi connectivity index (χ3n) is 3.56. The molecule has 23 heavy (non-hydrogen) atoms. The van der Waals surface area contributed by atoms with Crippen molar-refractivity contribution in [3.8, 4) is 17.6 Å². The van der Waals surface area contributed by atoms with E-state index in [1.807, 2.05) is 24.6 Å². The van der Waals surface area contributed by atoms with Crippen LogP contribution in [0.3, 0.4) is 0 Å². The third kappa shape index (κ3) is 3.05. The molecule has 6 nitrogen and oxygen atoms in total. The molecule has 2 aromatic heterocycles. The SMILES string of the molecule is Cc1nccn1C(C)c1[nH]ncc1Oc1cc(Cl)cc(C#N)c1. The van der Waals surface area contributed by atoms with Crippen LogP contribution in [0.2, 0.25) is 5.02 Å². The summed E-state index contributed by atoms with van der Waals surface area (Å²) in [6, 6.07) is 6.91. The smallest absolute Gasteiger partial charge is 0.170 e. The number of ether oxygens (including phenoxy) is 1. The number of hydrogen-bond acceptors (Lipinski definition) is 4. The van der Waals surface area contributed by atoms with Crippen LogP contribution in [0, 0.1) is 18.3 Å². The minimum atomic E-state index is -0.0235. The molecule has 3 rings (SSSR count). The van der Waals surface area contributed by atoms with E-state index in [-0.39, 0.29) is 6.04 Å². The first-order chi connectivity index (χ1) is 11.1. The van der Waals surface area contributed by atoms with Gasteiger partial charge in [-0.05, 0) is 32.0 Å². The Labute approximate surface area is 138 Å². The van der Waals surface area contributed by atoms with Crippen molar-refractivity contribution in [1.82, 2.24) is 19.7 Å². The van der Waals surface area contributed by atoms with E-state index in [0.717, 1.165) is 11.5 Å². The molecule has 1 atom stereocenters. The maximum atomic E-state index is 9.02. The molecule has 0 saturated heterocycles. The molecule has 1 N–H and O–H groups in total. The van der Waals surface area contributed by atoms with Crippen molar-refractivity contribution in [3.05, 3.63) is 58.9 Å². The van der Waals surface area contributed by atoms with Gasteiger partial charge in [-0.2, -0.15) is 10.4 Å². The lowest BCUT2D eigenvalue weighted by Gasteiger charge is -2.15. The quantitative estimate of drug-likeness (QED) is 0.789. The second-order valence-corrected chi connectivity index (χ2v) is 5.53. The zero-order valence-corrected chi connectivity index (χ0v) is 13.4. The molecule has 0 aliphatic rings. The van der Waals surface area contributed by atoms with E-state index in [0.29, 0.717) is 22.1 Å². The van der Waals surface area contributed by atoms with Gasteiger partial charge in [0.25, 0.3) is 0 Å². The fourth-order valence-electron chi connectivity index (χ4n) is 2.41. The summed E-state index contributed by atoms with van der Waals surface area (Å²) < 4.78 is 7.88. The highest BCUT2D eigenvalue weighted by atomic mass is 35.5. The van der Waals surface area contributed by atoms with Gasteiger partial charge in [0.05, 0.1) is 23.9 Å². The third-order valence-corrected chi connectivity index (χ3v) is 3.78. The van der Waals surface area contributed by atoms with Crippen LogP contribution in [0.4, 0.5) is 0 Å². The minimum absolute atomic E-state index is 0.0235. The van der Waals surface area contributed by atoms with Crippen molar-refractivity contribution in [3.63, 3.8) is 0 Å². The van der Waals surface area contributed by atoms with Gasteiger partial charge >= 0.3 is 0 Å². The van der Waals surface area contributed by atoms with Crippen LogP contribution in [0.5, 0.6) is 11.5 Å². The number of benzene rings is 1. The van der Waals surface area contributed by atoms with Crippen LogP contribution < -0.4 is 4.74 Å². The summed E-state index contributed by atoms with van der Waals surface area (Å²) in [5.41, 5.74) is 1.25. The molecule has 7 heteroatoms. The molecule has 1 unspecified atom stereocenters. The standard InChI is InChI=1S/C16H14ClN5O/c1-10(22-4-3-19-11(22)2)16-15(9-20-21-16)23-14-6-12(8-18)5-13(17)7-14/h3-7,9-10H,1-2H3,(H,20,21). The highest BCUT2D eigenvalue weighted by Gasteiger charge is 2.18. The van der Waals surface area contributed by atoms with E-state index in [1.54, 1.807) is 30.6 Å². The number of aryl methyl sites for hydroxylation is 1. The maximum Gasteiger partial charge on any atom is 0.170 e. The Kier molecular flexibility index (Phi) is 4.04. The van der Waals surface area contributed by atoms with E-state index in [1.165, 1.54) is 0 Å². The predicted molar refractivity (Wildman–Crippen MR) is 85.6 cm³/mol. The van der Waals surface area contributed by atoms with Crippen LogP contribution in [0.15, 0.2) is 36.8 Å². The Morgan fingerprint density at radius 2 is 2.22 bits per heavy atom. The topological polar surface area (TPSA) is 79.5 Å². The Hall–Kier alpha value is -2.78. The van der Waals surface area contributed by atoms with E-state index in [4.69, 9.17) is 21.6 Å². The van der Waals surface area contributed by atoms with E-state index < -0.39 is 0 Å². The second kappa shape index (κ2) is 6.15. The molecule has 0 spiro atoms. The molecule has 0 amide bonds. The van der Waals surface area contributed by atoms with Gasteiger partial charge in [-0.1, -0.05) is 11.6 Å². The van der Waals surface area contributed by atoms with Crippen LogP contribution in [0.25, 0.3) is 0 Å². The first-order valence-electron chi connectivity index (χ1n) is 6.99. The summed E-state index contributed by atoms with van der Waals surface area (Å²) in [7, 11) is 0. The van der Waals surface area contributed by atoms with Gasteiger partial charge in [-0.25, -0.2) is 4.98 Å². The lowest BCUT2D eigenvalue weighted by molar-refractivity contribution is 0.463. The van der Waals surface area contributed by atoms with Crippen molar-refractivity contribution < 1.29 is 4.74 Å². The number of rotatable bonds is 4. The van der Waals surface area contributed by atoms with Crippen molar-refractivity contribution in [1.29, 1.82) is 5.26 Å². The van der Waals surface area contributed by atoms with E-state index >= 15 is 0 Å². The highest BCUT2D eigenvalue weighted by molar-refractivity contribution is 6.30. The van der Waals surface area contributed by atoms with Gasteiger partial charge in [0.1, 0.15) is 17.3 Å². The normalized spacial score (nSPS) is 11.9. The van der Waals surface area contributed by atoms with Gasteiger partial charge in [0, 0.05) is 17.4 Å². The molecule has 0 aliphatic carbocycles. The van der Waals surface area contributed by atoms with Crippen molar-refractivity contribution in [2.45, 2.75) is 19.9 Å². The molecule has 116 valence electrons. The number of nitriles is 1. The van der Waals surface area contributed by atoms with Crippen LogP contribution in [-0.2, 0) is 0 Å². The average Bonchev–Trinajstić information content (AvgIpc) is 3.15. The first kappa shape index (κ1) is 15.1. The fourth-order valence-corrected chi connectivity index (χ4v) is 2.64. The zero-order chi connectivity index (χ0) is 16.4. The number of hydrogen-bond donors (Lipinski definition) is 1. The Bertz CT molecular complexity index is 877. The molecular formula is C16H14ClN5O. The molecule has 0 bridgehead atoms. The monoisotopic (exact) mass is 327 g/mol. The molecule has 0 radical (unpaired) electrons. The van der Waals surface area contributed by atoms with E-state index in [9.17, 15) is 0 Å². The first-order valence-corrected chi connectivity index (χ1v) is 7.37. The number of aromatic nitrogens is 4. The lowest BCUT2D eigenvalue weighted by atomic mass is 10.2. The molecular weight excluding hydrogens is 314 g/mol. The van der Waals surface area contributed by atoms with Crippen molar-refractivity contribution in [2.75, 3.05) is 0 Å². The molecule has 1 aromatic carbocycles. The van der Waals surface area contributed by atoms with Crippen molar-refractivity contribution >= 4 is 11.6 Å². The Morgan fingerprint density at radius 1 is 1.39 bits per heavy atom. The summed E-state index contributed by atoms with van der Waals surface area (Å²) in [6.45, 7) is 3.96. The summed E-state index contributed by atoms with van der Waals surface area (Å²) in [5.74, 6) is 1.97. The lowest BCUT2D eigenvalue weighted by Crippen LogP contribution is -2.09. The number of H-pyrrole nitrogens is 1. The molecule has 0 saturated carbocycles. The number of nitrogens with one attached hydrogen (secondary N) is 1. The number of aromatic amines is 1. The van der Waals surface area contributed by atoms with Gasteiger partial charge in [0.15, 0.2) is 5.75 Å². The van der Waals surface area contributed by atoms with Crippen LogP contribution in [0.1, 0.15) is 30.0 Å². The van der Waals surface area contributed by atoms with Gasteiger partial charge < -0.3 is 9.30 Å². The molecule has 0 fully saturated rings. The Balaban J connectivity index is 1.92. The minimum Gasteiger partial charge on any atom is -0.454 e.